The molecule has 1 nitrogen and oxygen atoms in total. The van der Waals surface area contributed by atoms with Crippen LogP contribution >= 0.6 is 12.2 Å². The first-order valence-corrected chi connectivity index (χ1v) is 3.88. The second-order valence-corrected chi connectivity index (χ2v) is 3.18. The van der Waals surface area contributed by atoms with E-state index in [4.69, 9.17) is 24.8 Å². The van der Waals surface area contributed by atoms with Gasteiger partial charge in [-0.2, -0.15) is 0 Å². The van der Waals surface area contributed by atoms with Crippen LogP contribution in [0.15, 0.2) is 0 Å². The van der Waals surface area contributed by atoms with Crippen molar-refractivity contribution in [3.05, 3.63) is 0 Å². The van der Waals surface area contributed by atoms with Gasteiger partial charge in [0.25, 0.3) is 0 Å². The van der Waals surface area contributed by atoms with Crippen LogP contribution in [-0.4, -0.2) is 21.8 Å². The second-order valence-electron chi connectivity index (χ2n) is 2.15. The van der Waals surface area contributed by atoms with Gasteiger partial charge >= 0.3 is 0 Å². The highest BCUT2D eigenvalue weighted by molar-refractivity contribution is 8.00. The molecule has 0 radical (unpaired) electrons. The van der Waals surface area contributed by atoms with Gasteiger partial charge in [-0.15, -0.1) is 0 Å². The van der Waals surface area contributed by atoms with E-state index in [1.54, 1.807) is 0 Å². The van der Waals surface area contributed by atoms with Gasteiger partial charge in [0.1, 0.15) is 0 Å². The summed E-state index contributed by atoms with van der Waals surface area (Å²) in [7, 11) is 0. The van der Waals surface area contributed by atoms with Crippen molar-refractivity contribution in [2.24, 2.45) is 0 Å². The molecule has 54 valence electrons. The molecule has 0 aliphatic heterocycles. The van der Waals surface area contributed by atoms with Crippen LogP contribution in [0.25, 0.3) is 0 Å². The van der Waals surface area contributed by atoms with Gasteiger partial charge in [0.15, 0.2) is 0 Å². The third kappa shape index (κ3) is 2.96. The third-order valence-electron chi connectivity index (χ3n) is 1.20. The van der Waals surface area contributed by atoms with E-state index >= 15 is 0 Å². The largest absolute Gasteiger partial charge is 0.411 e. The zero-order valence-corrected chi connectivity index (χ0v) is 7.68. The van der Waals surface area contributed by atoms with Crippen LogP contribution < -0.4 is 0 Å². The van der Waals surface area contributed by atoms with Crippen molar-refractivity contribution in [2.75, 3.05) is 6.54 Å². The lowest BCUT2D eigenvalue weighted by molar-refractivity contribution is 0.380. The van der Waals surface area contributed by atoms with Crippen LogP contribution in [0.1, 0.15) is 20.8 Å². The van der Waals surface area contributed by atoms with Gasteiger partial charge in [-0.3, -0.25) is 0 Å². The molecule has 0 unspecified atom stereocenters. The number of hydrogen-bond donors (Lipinski definition) is 0. The minimum Gasteiger partial charge on any atom is -0.411 e. The van der Waals surface area contributed by atoms with Crippen LogP contribution in [0.3, 0.4) is 0 Å². The molecule has 0 saturated carbocycles. The van der Waals surface area contributed by atoms with Crippen LogP contribution in [-0.2, 0) is 12.6 Å². The van der Waals surface area contributed by atoms with Crippen molar-refractivity contribution in [2.45, 2.75) is 26.8 Å². The number of thiocarbonyl (C=S) groups is 1. The summed E-state index contributed by atoms with van der Waals surface area (Å²) in [5, 5.41) is 0. The summed E-state index contributed by atoms with van der Waals surface area (Å²) in [6.45, 7) is 7.14. The molecule has 0 atom stereocenters. The SMILES string of the molecule is CCN(C(=S)[S-])C(C)C. The van der Waals surface area contributed by atoms with E-state index in [1.807, 2.05) is 4.90 Å². The quantitative estimate of drug-likeness (QED) is 0.448. The van der Waals surface area contributed by atoms with Crippen LogP contribution in [0, 0.1) is 0 Å². The van der Waals surface area contributed by atoms with Gasteiger partial charge < -0.3 is 29.7 Å². The Bertz CT molecular complexity index is 101. The van der Waals surface area contributed by atoms with Crippen molar-refractivity contribution in [1.82, 2.24) is 4.90 Å². The lowest BCUT2D eigenvalue weighted by Gasteiger charge is -2.30. The predicted molar refractivity (Wildman–Crippen MR) is 47.5 cm³/mol. The van der Waals surface area contributed by atoms with Crippen LogP contribution in [0.5, 0.6) is 0 Å². The molecule has 0 aromatic rings. The minimum absolute atomic E-state index is 0.444. The molecule has 0 bridgehead atoms. The highest BCUT2D eigenvalue weighted by atomic mass is 32.1. The smallest absolute Gasteiger partial charge is 0.0217 e. The Morgan fingerprint density at radius 2 is 2.11 bits per heavy atom. The highest BCUT2D eigenvalue weighted by Crippen LogP contribution is 1.97. The van der Waals surface area contributed by atoms with E-state index in [-0.39, 0.29) is 0 Å². The molecular weight excluding hydrogens is 150 g/mol. The van der Waals surface area contributed by atoms with Gasteiger partial charge in [-0.25, -0.2) is 0 Å². The average Bonchev–Trinajstić information content (AvgIpc) is 1.64. The first-order chi connectivity index (χ1) is 4.09. The molecule has 0 aliphatic carbocycles. The molecule has 0 saturated heterocycles. The zero-order chi connectivity index (χ0) is 7.44. The van der Waals surface area contributed by atoms with E-state index < -0.39 is 0 Å². The monoisotopic (exact) mass is 162 g/mol. The Labute approximate surface area is 67.8 Å². The Morgan fingerprint density at radius 3 is 2.11 bits per heavy atom. The fourth-order valence-electron chi connectivity index (χ4n) is 0.705. The van der Waals surface area contributed by atoms with Crippen molar-refractivity contribution >= 4 is 29.2 Å². The van der Waals surface area contributed by atoms with Crippen molar-refractivity contribution < 1.29 is 0 Å². The first kappa shape index (κ1) is 9.11. The topological polar surface area (TPSA) is 3.24 Å². The average molecular weight is 162 g/mol. The number of rotatable bonds is 2. The summed E-state index contributed by atoms with van der Waals surface area (Å²) >= 11 is 9.67. The van der Waals surface area contributed by atoms with Crippen LogP contribution in [0.2, 0.25) is 0 Å². The van der Waals surface area contributed by atoms with Gasteiger partial charge in [0, 0.05) is 12.6 Å². The predicted octanol–water partition coefficient (Wildman–Crippen LogP) is 1.55. The molecule has 0 aliphatic rings. The Kier molecular flexibility index (Phi) is 4.06. The Morgan fingerprint density at radius 1 is 1.67 bits per heavy atom. The lowest BCUT2D eigenvalue weighted by Crippen LogP contribution is -2.33. The summed E-state index contributed by atoms with van der Waals surface area (Å²) in [5.41, 5.74) is 0. The van der Waals surface area contributed by atoms with Gasteiger partial charge in [0.05, 0.1) is 0 Å². The van der Waals surface area contributed by atoms with Crippen molar-refractivity contribution in [3.63, 3.8) is 0 Å². The summed E-state index contributed by atoms with van der Waals surface area (Å²) in [6, 6.07) is 0.444. The van der Waals surface area contributed by atoms with E-state index in [0.717, 1.165) is 6.54 Å². The highest BCUT2D eigenvalue weighted by Gasteiger charge is 2.00. The molecule has 0 spiro atoms. The molecule has 0 fully saturated rings. The van der Waals surface area contributed by atoms with Gasteiger partial charge in [-0.05, 0) is 20.8 Å². The van der Waals surface area contributed by atoms with E-state index in [1.165, 1.54) is 0 Å². The summed E-state index contributed by atoms with van der Waals surface area (Å²) < 4.78 is 0.576. The number of nitrogens with zero attached hydrogens (tertiary/aromatic N) is 1. The number of hydrogen-bond acceptors (Lipinski definition) is 2. The van der Waals surface area contributed by atoms with E-state index in [9.17, 15) is 0 Å². The fraction of sp³-hybridized carbons (Fsp3) is 0.833. The van der Waals surface area contributed by atoms with Gasteiger partial charge in [-0.1, -0.05) is 4.32 Å². The molecule has 0 aromatic carbocycles. The molecule has 0 amide bonds. The summed E-state index contributed by atoms with van der Waals surface area (Å²) in [5.74, 6) is 0. The Hall–Kier alpha value is 0.110. The van der Waals surface area contributed by atoms with Crippen molar-refractivity contribution in [1.29, 1.82) is 0 Å². The van der Waals surface area contributed by atoms with Gasteiger partial charge in [0.2, 0.25) is 0 Å². The minimum atomic E-state index is 0.444. The molecular formula is C6H12NS2-. The second kappa shape index (κ2) is 4.01. The first-order valence-electron chi connectivity index (χ1n) is 3.07. The Balaban J connectivity index is 3.83. The van der Waals surface area contributed by atoms with E-state index in [0.29, 0.717) is 10.4 Å². The van der Waals surface area contributed by atoms with Crippen molar-refractivity contribution in [3.8, 4) is 0 Å². The zero-order valence-electron chi connectivity index (χ0n) is 6.05. The molecule has 3 heteroatoms. The maximum absolute atomic E-state index is 4.83. The lowest BCUT2D eigenvalue weighted by atomic mass is 10.3. The standard InChI is InChI=1S/C6H13NS2/c1-4-7(5(2)3)6(8)9/h5H,4H2,1-3H3,(H,8,9)/p-1. The normalized spacial score (nSPS) is 9.78. The maximum atomic E-state index is 4.83. The maximum Gasteiger partial charge on any atom is 0.0217 e. The molecule has 9 heavy (non-hydrogen) atoms. The summed E-state index contributed by atoms with van der Waals surface area (Å²) in [4.78, 5) is 2.00. The molecule has 0 N–H and O–H groups in total. The van der Waals surface area contributed by atoms with Crippen LogP contribution in [0.4, 0.5) is 0 Å². The fourth-order valence-corrected chi connectivity index (χ4v) is 1.38. The molecule has 0 aromatic heterocycles. The molecule has 0 heterocycles. The van der Waals surface area contributed by atoms with E-state index in [2.05, 4.69) is 20.8 Å². The summed E-state index contributed by atoms with van der Waals surface area (Å²) in [6.07, 6.45) is 0. The third-order valence-corrected chi connectivity index (χ3v) is 1.67. The molecule has 0 rings (SSSR count).